The normalized spacial score (nSPS) is 10.8. The molecule has 0 aliphatic carbocycles. The minimum absolute atomic E-state index is 0.0908. The first-order chi connectivity index (χ1) is 6.59. The molecule has 1 aromatic carbocycles. The molecule has 0 saturated heterocycles. The number of fused-ring (bicyclic) bond motifs is 1. The van der Waals surface area contributed by atoms with Crippen LogP contribution in [0.4, 0.5) is 8.78 Å². The molecular formula is C10H7F2NO. The van der Waals surface area contributed by atoms with Crippen LogP contribution in [0.3, 0.4) is 0 Å². The van der Waals surface area contributed by atoms with Gasteiger partial charge in [-0.1, -0.05) is 0 Å². The van der Waals surface area contributed by atoms with Crippen LogP contribution in [0.15, 0.2) is 18.3 Å². The summed E-state index contributed by atoms with van der Waals surface area (Å²) in [6, 6.07) is 2.13. The summed E-state index contributed by atoms with van der Waals surface area (Å²) in [6.45, 7) is 1.69. The summed E-state index contributed by atoms with van der Waals surface area (Å²) in [5, 5.41) is 9.56. The van der Waals surface area contributed by atoms with Crippen LogP contribution in [-0.4, -0.2) is 10.1 Å². The van der Waals surface area contributed by atoms with Crippen molar-refractivity contribution in [3.63, 3.8) is 0 Å². The minimum atomic E-state index is -0.972. The van der Waals surface area contributed by atoms with E-state index in [0.717, 1.165) is 0 Å². The molecule has 72 valence electrons. The number of phenolic OH excluding ortho intramolecular Hbond substituents is 1. The van der Waals surface area contributed by atoms with Crippen molar-refractivity contribution in [3.05, 3.63) is 35.7 Å². The van der Waals surface area contributed by atoms with E-state index in [1.54, 1.807) is 6.92 Å². The number of rotatable bonds is 0. The van der Waals surface area contributed by atoms with Gasteiger partial charge in [0.25, 0.3) is 0 Å². The monoisotopic (exact) mass is 195 g/mol. The first-order valence-electron chi connectivity index (χ1n) is 4.03. The Labute approximate surface area is 78.8 Å². The molecule has 1 heterocycles. The lowest BCUT2D eigenvalue weighted by molar-refractivity contribution is 0.435. The fraction of sp³-hybridized carbons (Fsp3) is 0.100. The average molecular weight is 195 g/mol. The summed E-state index contributed by atoms with van der Waals surface area (Å²) >= 11 is 0. The van der Waals surface area contributed by atoms with Gasteiger partial charge < -0.3 is 5.11 Å². The standard InChI is InChI=1S/C10H7F2NO/c1-5-2-6-7(4-13-5)10(14)9(12)3-8(6)11/h2-4,14H,1H3. The molecule has 0 aliphatic heterocycles. The summed E-state index contributed by atoms with van der Waals surface area (Å²) in [5.74, 6) is -2.23. The fourth-order valence-electron chi connectivity index (χ4n) is 1.33. The van der Waals surface area contributed by atoms with Crippen molar-refractivity contribution in [3.8, 4) is 5.75 Å². The van der Waals surface area contributed by atoms with Crippen LogP contribution in [0.25, 0.3) is 10.8 Å². The fourth-order valence-corrected chi connectivity index (χ4v) is 1.33. The van der Waals surface area contributed by atoms with Gasteiger partial charge in [0.1, 0.15) is 5.82 Å². The molecule has 2 rings (SSSR count). The minimum Gasteiger partial charge on any atom is -0.504 e. The molecule has 0 unspecified atom stereocenters. The van der Waals surface area contributed by atoms with Gasteiger partial charge in [0, 0.05) is 28.7 Å². The first-order valence-corrected chi connectivity index (χ1v) is 4.03. The lowest BCUT2D eigenvalue weighted by atomic mass is 10.1. The van der Waals surface area contributed by atoms with E-state index in [-0.39, 0.29) is 10.8 Å². The quantitative estimate of drug-likeness (QED) is 0.700. The summed E-state index contributed by atoms with van der Waals surface area (Å²) in [7, 11) is 0. The van der Waals surface area contributed by atoms with E-state index >= 15 is 0 Å². The van der Waals surface area contributed by atoms with E-state index in [9.17, 15) is 13.9 Å². The lowest BCUT2D eigenvalue weighted by Crippen LogP contribution is -1.88. The van der Waals surface area contributed by atoms with Crippen molar-refractivity contribution >= 4 is 10.8 Å². The second-order valence-corrected chi connectivity index (χ2v) is 3.06. The Hall–Kier alpha value is -1.71. The van der Waals surface area contributed by atoms with Crippen molar-refractivity contribution < 1.29 is 13.9 Å². The molecule has 0 radical (unpaired) electrons. The van der Waals surface area contributed by atoms with Crippen molar-refractivity contribution in [1.82, 2.24) is 4.98 Å². The van der Waals surface area contributed by atoms with Crippen molar-refractivity contribution in [2.24, 2.45) is 0 Å². The number of aryl methyl sites for hydroxylation is 1. The van der Waals surface area contributed by atoms with Gasteiger partial charge in [0.2, 0.25) is 0 Å². The lowest BCUT2D eigenvalue weighted by Gasteiger charge is -2.03. The third-order valence-corrected chi connectivity index (χ3v) is 2.03. The van der Waals surface area contributed by atoms with Gasteiger partial charge in [-0.15, -0.1) is 0 Å². The van der Waals surface area contributed by atoms with Crippen LogP contribution < -0.4 is 0 Å². The highest BCUT2D eigenvalue weighted by atomic mass is 19.1. The van der Waals surface area contributed by atoms with E-state index in [4.69, 9.17) is 0 Å². The Morgan fingerprint density at radius 2 is 1.86 bits per heavy atom. The highest BCUT2D eigenvalue weighted by Gasteiger charge is 2.11. The van der Waals surface area contributed by atoms with Gasteiger partial charge in [-0.05, 0) is 13.0 Å². The number of hydrogen-bond acceptors (Lipinski definition) is 2. The predicted molar refractivity (Wildman–Crippen MR) is 48.1 cm³/mol. The zero-order valence-corrected chi connectivity index (χ0v) is 7.38. The molecule has 0 fully saturated rings. The maximum atomic E-state index is 13.2. The van der Waals surface area contributed by atoms with Crippen LogP contribution in [0.5, 0.6) is 5.75 Å². The van der Waals surface area contributed by atoms with Crippen LogP contribution in [0, 0.1) is 18.6 Å². The SMILES string of the molecule is Cc1cc2c(F)cc(F)c(O)c2cn1. The van der Waals surface area contributed by atoms with Crippen LogP contribution in [-0.2, 0) is 0 Å². The van der Waals surface area contributed by atoms with Gasteiger partial charge in [0.05, 0.1) is 0 Å². The molecule has 4 heteroatoms. The molecule has 2 nitrogen and oxygen atoms in total. The van der Waals surface area contributed by atoms with Gasteiger partial charge in [-0.3, -0.25) is 4.98 Å². The topological polar surface area (TPSA) is 33.1 Å². The van der Waals surface area contributed by atoms with Crippen LogP contribution in [0.2, 0.25) is 0 Å². The summed E-state index contributed by atoms with van der Waals surface area (Å²) in [5.41, 5.74) is 0.613. The number of pyridine rings is 1. The zero-order valence-electron chi connectivity index (χ0n) is 7.38. The van der Waals surface area contributed by atoms with Gasteiger partial charge in [-0.2, -0.15) is 0 Å². The summed E-state index contributed by atoms with van der Waals surface area (Å²) in [4.78, 5) is 3.86. The number of halogens is 2. The van der Waals surface area contributed by atoms with Crippen LogP contribution in [0.1, 0.15) is 5.69 Å². The van der Waals surface area contributed by atoms with E-state index in [1.807, 2.05) is 0 Å². The molecule has 1 aromatic heterocycles. The largest absolute Gasteiger partial charge is 0.504 e. The van der Waals surface area contributed by atoms with Crippen molar-refractivity contribution in [2.75, 3.05) is 0 Å². The van der Waals surface area contributed by atoms with Crippen molar-refractivity contribution in [1.29, 1.82) is 0 Å². The number of hydrogen-bond donors (Lipinski definition) is 1. The number of benzene rings is 1. The molecule has 0 amide bonds. The molecule has 0 bridgehead atoms. The number of nitrogens with zero attached hydrogens (tertiary/aromatic N) is 1. The maximum absolute atomic E-state index is 13.2. The highest BCUT2D eigenvalue weighted by molar-refractivity contribution is 5.88. The smallest absolute Gasteiger partial charge is 0.168 e. The Morgan fingerprint density at radius 3 is 2.57 bits per heavy atom. The zero-order chi connectivity index (χ0) is 10.3. The van der Waals surface area contributed by atoms with Gasteiger partial charge in [-0.25, -0.2) is 8.78 Å². The molecule has 0 aliphatic rings. The Morgan fingerprint density at radius 1 is 1.14 bits per heavy atom. The number of aromatic hydroxyl groups is 1. The predicted octanol–water partition coefficient (Wildman–Crippen LogP) is 2.53. The van der Waals surface area contributed by atoms with E-state index < -0.39 is 17.4 Å². The molecule has 1 N–H and O–H groups in total. The molecule has 0 saturated carbocycles. The highest BCUT2D eigenvalue weighted by Crippen LogP contribution is 2.29. The third-order valence-electron chi connectivity index (χ3n) is 2.03. The van der Waals surface area contributed by atoms with Gasteiger partial charge >= 0.3 is 0 Å². The summed E-state index contributed by atoms with van der Waals surface area (Å²) in [6.07, 6.45) is 1.26. The third kappa shape index (κ3) is 1.19. The molecule has 2 aromatic rings. The Balaban J connectivity index is 2.94. The van der Waals surface area contributed by atoms with Crippen molar-refractivity contribution in [2.45, 2.75) is 6.92 Å². The molecular weight excluding hydrogens is 188 g/mol. The maximum Gasteiger partial charge on any atom is 0.168 e. The van der Waals surface area contributed by atoms with Gasteiger partial charge in [0.15, 0.2) is 11.6 Å². The number of phenols is 1. The molecule has 14 heavy (non-hydrogen) atoms. The molecule has 0 atom stereocenters. The van der Waals surface area contributed by atoms with Crippen LogP contribution >= 0.6 is 0 Å². The molecule has 0 spiro atoms. The number of aromatic nitrogens is 1. The first kappa shape index (κ1) is 8.87. The Bertz CT molecular complexity index is 511. The second-order valence-electron chi connectivity index (χ2n) is 3.06. The van der Waals surface area contributed by atoms with E-state index in [1.165, 1.54) is 12.3 Å². The Kier molecular flexibility index (Phi) is 1.84. The van der Waals surface area contributed by atoms with E-state index in [0.29, 0.717) is 11.8 Å². The second kappa shape index (κ2) is 2.90. The summed E-state index contributed by atoms with van der Waals surface area (Å²) < 4.78 is 26.1. The van der Waals surface area contributed by atoms with E-state index in [2.05, 4.69) is 4.98 Å². The average Bonchev–Trinajstić information content (AvgIpc) is 2.14.